The molecule has 3 aromatic rings. The van der Waals surface area contributed by atoms with E-state index in [1.165, 1.54) is 40.5 Å². The minimum atomic E-state index is -3.85. The molecule has 0 radical (unpaired) electrons. The van der Waals surface area contributed by atoms with E-state index >= 15 is 0 Å². The van der Waals surface area contributed by atoms with Crippen LogP contribution in [0.4, 0.5) is 5.13 Å². The number of hydrogen-bond acceptors (Lipinski definition) is 8. The summed E-state index contributed by atoms with van der Waals surface area (Å²) < 4.78 is 37.7. The van der Waals surface area contributed by atoms with Gasteiger partial charge in [0.05, 0.1) is 29.9 Å². The van der Waals surface area contributed by atoms with E-state index in [-0.39, 0.29) is 4.90 Å². The number of fused-ring (bicyclic) bond motifs is 1. The summed E-state index contributed by atoms with van der Waals surface area (Å²) in [5.74, 6) is -0.557. The lowest BCUT2D eigenvalue weighted by molar-refractivity contribution is -0.116. The molecule has 2 heterocycles. The summed E-state index contributed by atoms with van der Waals surface area (Å²) in [7, 11) is -2.27. The SMILES string of the molecule is COc1ccc(C)c2sc(N(CCCN3CCOCC3)C(=O)CS(=O)(=O)c3ccc(Cl)cc3)nc12. The molecule has 1 aromatic heterocycles. The maximum atomic E-state index is 13.4. The Morgan fingerprint density at radius 2 is 1.91 bits per heavy atom. The van der Waals surface area contributed by atoms with Gasteiger partial charge in [-0.1, -0.05) is 29.0 Å². The van der Waals surface area contributed by atoms with E-state index in [0.717, 1.165) is 29.9 Å². The van der Waals surface area contributed by atoms with Crippen molar-refractivity contribution >= 4 is 54.0 Å². The third kappa shape index (κ3) is 6.13. The lowest BCUT2D eigenvalue weighted by atomic mass is 10.2. The predicted octanol–water partition coefficient (Wildman–Crippen LogP) is 3.80. The minimum absolute atomic E-state index is 0.0605. The van der Waals surface area contributed by atoms with Crippen LogP contribution in [0.5, 0.6) is 5.75 Å². The van der Waals surface area contributed by atoms with Crippen molar-refractivity contribution < 1.29 is 22.7 Å². The molecule has 2 aromatic carbocycles. The van der Waals surface area contributed by atoms with E-state index < -0.39 is 21.5 Å². The average molecular weight is 538 g/mol. The lowest BCUT2D eigenvalue weighted by Crippen LogP contribution is -2.40. The summed E-state index contributed by atoms with van der Waals surface area (Å²) in [6.07, 6.45) is 0.679. The smallest absolute Gasteiger partial charge is 0.244 e. The molecule has 0 aliphatic carbocycles. The van der Waals surface area contributed by atoms with Crippen molar-refractivity contribution in [2.24, 2.45) is 0 Å². The van der Waals surface area contributed by atoms with Gasteiger partial charge in [-0.05, 0) is 49.2 Å². The Hall–Kier alpha value is -2.24. The molecule has 11 heteroatoms. The molecule has 188 valence electrons. The summed E-state index contributed by atoms with van der Waals surface area (Å²) >= 11 is 7.26. The summed E-state index contributed by atoms with van der Waals surface area (Å²) in [6.45, 7) is 6.18. The molecule has 1 fully saturated rings. The molecule has 35 heavy (non-hydrogen) atoms. The summed E-state index contributed by atoms with van der Waals surface area (Å²) in [5.41, 5.74) is 1.68. The number of anilines is 1. The highest BCUT2D eigenvalue weighted by Gasteiger charge is 2.27. The first-order valence-corrected chi connectivity index (χ1v) is 14.2. The molecule has 0 N–H and O–H groups in total. The van der Waals surface area contributed by atoms with Crippen molar-refractivity contribution in [3.63, 3.8) is 0 Å². The first kappa shape index (κ1) is 25.8. The van der Waals surface area contributed by atoms with Crippen LogP contribution in [0.1, 0.15) is 12.0 Å². The standard InChI is InChI=1S/C24H28ClN3O5S2/c1-17-4-9-20(32-2)22-23(17)34-24(26-22)28(11-3-10-27-12-14-33-15-13-27)21(29)16-35(30,31)19-7-5-18(25)6-8-19/h4-9H,3,10-16H2,1-2H3. The van der Waals surface area contributed by atoms with Crippen LogP contribution in [-0.4, -0.2) is 76.5 Å². The van der Waals surface area contributed by atoms with Crippen LogP contribution in [0.15, 0.2) is 41.3 Å². The number of thiazole rings is 1. The largest absolute Gasteiger partial charge is 0.494 e. The van der Waals surface area contributed by atoms with Gasteiger partial charge < -0.3 is 9.47 Å². The number of rotatable bonds is 9. The van der Waals surface area contributed by atoms with E-state index in [2.05, 4.69) is 4.90 Å². The Kier molecular flexibility index (Phi) is 8.28. The van der Waals surface area contributed by atoms with Crippen LogP contribution >= 0.6 is 22.9 Å². The van der Waals surface area contributed by atoms with E-state index in [0.29, 0.717) is 47.6 Å². The van der Waals surface area contributed by atoms with Crippen molar-refractivity contribution in [3.8, 4) is 5.75 Å². The van der Waals surface area contributed by atoms with Crippen molar-refractivity contribution in [1.82, 2.24) is 9.88 Å². The molecule has 0 atom stereocenters. The molecule has 1 amide bonds. The molecule has 0 spiro atoms. The van der Waals surface area contributed by atoms with Crippen molar-refractivity contribution in [1.29, 1.82) is 0 Å². The number of halogens is 1. The third-order valence-electron chi connectivity index (χ3n) is 5.89. The summed E-state index contributed by atoms with van der Waals surface area (Å²) in [5, 5.41) is 0.893. The predicted molar refractivity (Wildman–Crippen MR) is 139 cm³/mol. The molecule has 8 nitrogen and oxygen atoms in total. The molecule has 1 saturated heterocycles. The maximum absolute atomic E-state index is 13.4. The molecule has 0 unspecified atom stereocenters. The Bertz CT molecular complexity index is 1290. The second-order valence-electron chi connectivity index (χ2n) is 8.32. The van der Waals surface area contributed by atoms with Crippen molar-refractivity contribution in [3.05, 3.63) is 47.0 Å². The highest BCUT2D eigenvalue weighted by molar-refractivity contribution is 7.92. The molecule has 0 bridgehead atoms. The Morgan fingerprint density at radius 1 is 1.20 bits per heavy atom. The minimum Gasteiger partial charge on any atom is -0.494 e. The fourth-order valence-corrected chi connectivity index (χ4v) is 6.37. The average Bonchev–Trinajstić information content (AvgIpc) is 3.28. The van der Waals surface area contributed by atoms with Crippen LogP contribution in [-0.2, 0) is 19.4 Å². The number of carbonyl (C=O) groups is 1. The maximum Gasteiger partial charge on any atom is 0.244 e. The van der Waals surface area contributed by atoms with Crippen LogP contribution in [0.25, 0.3) is 10.2 Å². The van der Waals surface area contributed by atoms with Crippen molar-refractivity contribution in [2.75, 3.05) is 57.2 Å². The second-order valence-corrected chi connectivity index (χ2v) is 11.7. The zero-order valence-electron chi connectivity index (χ0n) is 19.7. The van der Waals surface area contributed by atoms with Crippen LogP contribution < -0.4 is 9.64 Å². The number of benzene rings is 2. The van der Waals surface area contributed by atoms with E-state index in [1.807, 2.05) is 19.1 Å². The number of carbonyl (C=O) groups excluding carboxylic acids is 1. The van der Waals surface area contributed by atoms with Gasteiger partial charge in [0.1, 0.15) is 17.0 Å². The number of morpholine rings is 1. The van der Waals surface area contributed by atoms with Gasteiger partial charge in [-0.15, -0.1) is 0 Å². The van der Waals surface area contributed by atoms with E-state index in [4.69, 9.17) is 26.1 Å². The number of aryl methyl sites for hydroxylation is 1. The van der Waals surface area contributed by atoms with Gasteiger partial charge in [0, 0.05) is 31.2 Å². The van der Waals surface area contributed by atoms with Gasteiger partial charge in [0.15, 0.2) is 15.0 Å². The highest BCUT2D eigenvalue weighted by atomic mass is 35.5. The molecule has 1 aliphatic rings. The van der Waals surface area contributed by atoms with Gasteiger partial charge in [-0.25, -0.2) is 13.4 Å². The number of ether oxygens (including phenoxy) is 2. The summed E-state index contributed by atoms with van der Waals surface area (Å²) in [4.78, 5) is 22.0. The number of sulfone groups is 1. The fourth-order valence-electron chi connectivity index (χ4n) is 3.95. The van der Waals surface area contributed by atoms with Gasteiger partial charge in [-0.2, -0.15) is 0 Å². The number of aromatic nitrogens is 1. The molecule has 4 rings (SSSR count). The fraction of sp³-hybridized carbons (Fsp3) is 0.417. The topological polar surface area (TPSA) is 89.0 Å². The van der Waals surface area contributed by atoms with Gasteiger partial charge in [0.25, 0.3) is 0 Å². The normalized spacial score (nSPS) is 14.8. The Labute approximate surface area is 214 Å². The first-order chi connectivity index (χ1) is 16.8. The van der Waals surface area contributed by atoms with Gasteiger partial charge in [-0.3, -0.25) is 14.6 Å². The Morgan fingerprint density at radius 3 is 2.60 bits per heavy atom. The number of hydrogen-bond donors (Lipinski definition) is 0. The van der Waals surface area contributed by atoms with Gasteiger partial charge in [0.2, 0.25) is 5.91 Å². The zero-order valence-corrected chi connectivity index (χ0v) is 22.1. The van der Waals surface area contributed by atoms with Crippen LogP contribution in [0.3, 0.4) is 0 Å². The number of methoxy groups -OCH3 is 1. The zero-order chi connectivity index (χ0) is 25.0. The summed E-state index contributed by atoms with van der Waals surface area (Å²) in [6, 6.07) is 9.62. The molecular weight excluding hydrogens is 510 g/mol. The van der Waals surface area contributed by atoms with Crippen LogP contribution in [0, 0.1) is 6.92 Å². The van der Waals surface area contributed by atoms with Gasteiger partial charge >= 0.3 is 0 Å². The number of amides is 1. The quantitative estimate of drug-likeness (QED) is 0.410. The van der Waals surface area contributed by atoms with Crippen LogP contribution in [0.2, 0.25) is 5.02 Å². The molecular formula is C24H28ClN3O5S2. The molecule has 0 saturated carbocycles. The number of nitrogens with zero attached hydrogens (tertiary/aromatic N) is 3. The first-order valence-electron chi connectivity index (χ1n) is 11.3. The monoisotopic (exact) mass is 537 g/mol. The highest BCUT2D eigenvalue weighted by Crippen LogP contribution is 2.36. The van der Waals surface area contributed by atoms with E-state index in [9.17, 15) is 13.2 Å². The van der Waals surface area contributed by atoms with Crippen molar-refractivity contribution in [2.45, 2.75) is 18.2 Å². The second kappa shape index (κ2) is 11.2. The lowest BCUT2D eigenvalue weighted by Gasteiger charge is -2.27. The third-order valence-corrected chi connectivity index (χ3v) is 8.97. The Balaban J connectivity index is 1.60. The van der Waals surface area contributed by atoms with E-state index in [1.54, 1.807) is 7.11 Å². The molecule has 1 aliphatic heterocycles.